The Bertz CT molecular complexity index is 1700. The molecule has 8 nitrogen and oxygen atoms in total. The molecule has 9 heteroatoms. The second-order valence-electron chi connectivity index (χ2n) is 13.9. The van der Waals surface area contributed by atoms with Crippen molar-refractivity contribution in [1.82, 2.24) is 15.2 Å². The number of aromatic amines is 1. The van der Waals surface area contributed by atoms with E-state index in [4.69, 9.17) is 4.74 Å². The Morgan fingerprint density at radius 1 is 1.02 bits per heavy atom. The van der Waals surface area contributed by atoms with Gasteiger partial charge in [-0.3, -0.25) is 14.5 Å². The van der Waals surface area contributed by atoms with Crippen LogP contribution in [0.4, 0.5) is 5.69 Å². The molecule has 252 valence electrons. The highest BCUT2D eigenvalue weighted by Gasteiger charge is 2.26. The van der Waals surface area contributed by atoms with Crippen molar-refractivity contribution in [1.29, 1.82) is 0 Å². The number of ether oxygens (including phenoxy) is 1. The average molecular weight is 659 g/mol. The molecule has 1 aromatic heterocycles. The summed E-state index contributed by atoms with van der Waals surface area (Å²) in [5.41, 5.74) is 9.88. The number of H-pyrrole nitrogens is 1. The van der Waals surface area contributed by atoms with E-state index < -0.39 is 7.14 Å². The van der Waals surface area contributed by atoms with Gasteiger partial charge in [-0.25, -0.2) is 0 Å². The average Bonchev–Trinajstić information content (AvgIpc) is 3.07. The molecule has 2 saturated heterocycles. The van der Waals surface area contributed by atoms with E-state index >= 15 is 0 Å². The smallest absolute Gasteiger partial charge is 0.253 e. The van der Waals surface area contributed by atoms with Gasteiger partial charge in [0.2, 0.25) is 0 Å². The van der Waals surface area contributed by atoms with Crippen LogP contribution in [0.2, 0.25) is 0 Å². The van der Waals surface area contributed by atoms with E-state index in [2.05, 4.69) is 57.4 Å². The minimum atomic E-state index is -1.96. The monoisotopic (exact) mass is 658 g/mol. The first kappa shape index (κ1) is 33.7. The third-order valence-corrected chi connectivity index (χ3v) is 13.0. The highest BCUT2D eigenvalue weighted by atomic mass is 31.2. The number of rotatable bonds is 9. The molecule has 3 aromatic rings. The van der Waals surface area contributed by atoms with Crippen LogP contribution in [-0.4, -0.2) is 73.7 Å². The summed E-state index contributed by atoms with van der Waals surface area (Å²) < 4.78 is 18.1. The van der Waals surface area contributed by atoms with Gasteiger partial charge in [0.1, 0.15) is 0 Å². The molecule has 0 radical (unpaired) electrons. The van der Waals surface area contributed by atoms with Gasteiger partial charge in [-0.1, -0.05) is 24.3 Å². The number of aryl methyl sites for hydroxylation is 1. The van der Waals surface area contributed by atoms with Crippen LogP contribution >= 0.6 is 7.14 Å². The fourth-order valence-electron chi connectivity index (χ4n) is 7.73. The van der Waals surface area contributed by atoms with Gasteiger partial charge in [0, 0.05) is 86.8 Å². The number of hydrogen-bond acceptors (Lipinski definition) is 6. The molecular formula is C38H51N4O4P. The van der Waals surface area contributed by atoms with Crippen molar-refractivity contribution < 1.29 is 14.1 Å². The number of nitrogens with zero attached hydrogens (tertiary/aromatic N) is 2. The number of amides is 1. The number of benzene rings is 2. The number of carbonyl (C=O) groups is 1. The van der Waals surface area contributed by atoms with Crippen molar-refractivity contribution in [2.45, 2.75) is 78.4 Å². The van der Waals surface area contributed by atoms with E-state index in [-0.39, 0.29) is 18.0 Å². The van der Waals surface area contributed by atoms with Gasteiger partial charge in [-0.2, -0.15) is 0 Å². The number of nitrogens with one attached hydrogen (secondary N) is 2. The maximum absolute atomic E-state index is 14.0. The van der Waals surface area contributed by atoms with Gasteiger partial charge >= 0.3 is 0 Å². The number of aromatic nitrogens is 1. The van der Waals surface area contributed by atoms with E-state index in [1.807, 2.05) is 26.6 Å². The summed E-state index contributed by atoms with van der Waals surface area (Å²) in [5.74, 6) is -0.159. The zero-order chi connectivity index (χ0) is 33.1. The van der Waals surface area contributed by atoms with Gasteiger partial charge in [0.25, 0.3) is 11.5 Å². The molecule has 0 saturated carbocycles. The normalized spacial score (nSPS) is 18.5. The van der Waals surface area contributed by atoms with Crippen LogP contribution in [0.5, 0.6) is 0 Å². The molecule has 0 spiro atoms. The first-order valence-electron chi connectivity index (χ1n) is 17.5. The molecule has 2 aromatic carbocycles. The van der Waals surface area contributed by atoms with Crippen LogP contribution in [0.3, 0.4) is 0 Å². The molecule has 2 aliphatic heterocycles. The highest BCUT2D eigenvalue weighted by molar-refractivity contribution is 7.63. The Labute approximate surface area is 279 Å². The number of carbonyl (C=O) groups excluding carboxylic acids is 1. The molecular weight excluding hydrogens is 607 g/mol. The Morgan fingerprint density at radius 2 is 1.70 bits per heavy atom. The molecule has 0 atom stereocenters. The Morgan fingerprint density at radius 3 is 2.38 bits per heavy atom. The first-order valence-corrected chi connectivity index (χ1v) is 20.0. The maximum atomic E-state index is 14.0. The molecule has 0 unspecified atom stereocenters. The summed E-state index contributed by atoms with van der Waals surface area (Å²) in [7, 11) is -1.96. The van der Waals surface area contributed by atoms with Crippen LogP contribution in [0.15, 0.2) is 41.2 Å². The summed E-state index contributed by atoms with van der Waals surface area (Å²) in [6, 6.07) is 13.3. The maximum Gasteiger partial charge on any atom is 0.253 e. The van der Waals surface area contributed by atoms with Gasteiger partial charge in [-0.05, 0) is 111 Å². The topological polar surface area (TPSA) is 94.7 Å². The van der Waals surface area contributed by atoms with Crippen molar-refractivity contribution in [3.05, 3.63) is 85.8 Å². The predicted molar refractivity (Wildman–Crippen MR) is 192 cm³/mol. The van der Waals surface area contributed by atoms with E-state index in [0.717, 1.165) is 124 Å². The summed E-state index contributed by atoms with van der Waals surface area (Å²) >= 11 is 0. The van der Waals surface area contributed by atoms with E-state index in [1.54, 1.807) is 0 Å². The van der Waals surface area contributed by atoms with Crippen LogP contribution in [0.25, 0.3) is 11.1 Å². The van der Waals surface area contributed by atoms with Gasteiger partial charge in [-0.15, -0.1) is 0 Å². The summed E-state index contributed by atoms with van der Waals surface area (Å²) in [4.78, 5) is 35.0. The third-order valence-electron chi connectivity index (χ3n) is 10.7. The third kappa shape index (κ3) is 7.61. The molecule has 2 N–H and O–H groups in total. The Balaban J connectivity index is 1.30. The van der Waals surface area contributed by atoms with Crippen molar-refractivity contribution >= 4 is 18.7 Å². The second-order valence-corrected chi connectivity index (χ2v) is 17.4. The largest absolute Gasteiger partial charge is 0.381 e. The molecule has 1 amide bonds. The summed E-state index contributed by atoms with van der Waals surface area (Å²) in [5, 5.41) is 3.15. The summed E-state index contributed by atoms with van der Waals surface area (Å²) in [6.07, 6.45) is 7.56. The van der Waals surface area contributed by atoms with E-state index in [0.29, 0.717) is 17.2 Å². The van der Waals surface area contributed by atoms with Crippen LogP contribution in [-0.2, 0) is 35.2 Å². The lowest BCUT2D eigenvalue weighted by Gasteiger charge is -2.37. The lowest BCUT2D eigenvalue weighted by molar-refractivity contribution is 0.0846. The number of pyridine rings is 1. The lowest BCUT2D eigenvalue weighted by Crippen LogP contribution is -2.40. The number of hydrogen-bond donors (Lipinski definition) is 2. The van der Waals surface area contributed by atoms with E-state index in [1.165, 1.54) is 11.1 Å². The minimum Gasteiger partial charge on any atom is -0.381 e. The fourth-order valence-corrected chi connectivity index (χ4v) is 9.37. The minimum absolute atomic E-state index is 0.0976. The molecule has 3 aliphatic rings. The molecule has 3 heterocycles. The standard InChI is InChI=1S/C38H51N4O4P/c1-5-42(31-14-18-46-19-15-31)36-23-30(29-12-10-28(11-13-29)25-41-16-20-47(4,45)21-17-41)22-34(26(36)2)37(43)39-24-35-33-9-7-6-8-32(33)27(3)40-38(35)44/h10-13,22-23,31H,5-9,14-21,24-25H2,1-4H3,(H,39,43)(H,40,44). The lowest BCUT2D eigenvalue weighted by atomic mass is 9.88. The molecule has 1 aliphatic carbocycles. The van der Waals surface area contributed by atoms with Crippen molar-refractivity contribution in [3.63, 3.8) is 0 Å². The van der Waals surface area contributed by atoms with Gasteiger partial charge < -0.3 is 24.5 Å². The molecule has 0 bridgehead atoms. The number of fused-ring (bicyclic) bond motifs is 1. The van der Waals surface area contributed by atoms with Crippen molar-refractivity contribution in [2.75, 3.05) is 56.7 Å². The second kappa shape index (κ2) is 14.5. The molecule has 6 rings (SSSR count). The van der Waals surface area contributed by atoms with E-state index in [9.17, 15) is 14.2 Å². The van der Waals surface area contributed by atoms with Crippen LogP contribution < -0.4 is 15.8 Å². The Kier molecular flexibility index (Phi) is 10.4. The Hall–Kier alpha value is -3.19. The number of anilines is 1. The van der Waals surface area contributed by atoms with Gasteiger partial charge in [0.05, 0.1) is 7.14 Å². The fraction of sp³-hybridized carbons (Fsp3) is 0.526. The van der Waals surface area contributed by atoms with Gasteiger partial charge in [0.15, 0.2) is 0 Å². The predicted octanol–water partition coefficient (Wildman–Crippen LogP) is 6.28. The van der Waals surface area contributed by atoms with Crippen LogP contribution in [0, 0.1) is 13.8 Å². The summed E-state index contributed by atoms with van der Waals surface area (Å²) in [6.45, 7) is 13.3. The highest BCUT2D eigenvalue weighted by Crippen LogP contribution is 2.43. The molecule has 2 fully saturated rings. The SMILES string of the molecule is CCN(c1cc(-c2ccc(CN3CCP(C)(=O)CC3)cc2)cc(C(=O)NCc2c3c(c(C)[nH]c2=O)CCCC3)c1C)C1CCOCC1. The zero-order valence-electron chi connectivity index (χ0n) is 28.6. The quantitative estimate of drug-likeness (QED) is 0.263. The molecule has 47 heavy (non-hydrogen) atoms. The van der Waals surface area contributed by atoms with Crippen LogP contribution in [0.1, 0.15) is 76.5 Å². The van der Waals surface area contributed by atoms with Crippen molar-refractivity contribution in [2.24, 2.45) is 0 Å². The zero-order valence-corrected chi connectivity index (χ0v) is 29.5. The first-order chi connectivity index (χ1) is 22.6. The van der Waals surface area contributed by atoms with Crippen molar-refractivity contribution in [3.8, 4) is 11.1 Å².